The maximum atomic E-state index is 9.65. The molecule has 2 aliphatic carbocycles. The van der Waals surface area contributed by atoms with Crippen molar-refractivity contribution in [3.63, 3.8) is 0 Å². The molecular formula is C11H20O2. The van der Waals surface area contributed by atoms with Crippen LogP contribution in [0.3, 0.4) is 0 Å². The van der Waals surface area contributed by atoms with E-state index in [0.29, 0.717) is 11.8 Å². The third-order valence-corrected chi connectivity index (χ3v) is 3.84. The van der Waals surface area contributed by atoms with Gasteiger partial charge < -0.3 is 10.2 Å². The molecule has 2 nitrogen and oxygen atoms in total. The zero-order valence-corrected chi connectivity index (χ0v) is 8.15. The average molecular weight is 184 g/mol. The fraction of sp³-hybridized carbons (Fsp3) is 1.00. The van der Waals surface area contributed by atoms with Gasteiger partial charge in [-0.05, 0) is 43.9 Å². The minimum atomic E-state index is -0.0761. The Morgan fingerprint density at radius 3 is 1.54 bits per heavy atom. The van der Waals surface area contributed by atoms with Crippen molar-refractivity contribution in [3.8, 4) is 0 Å². The van der Waals surface area contributed by atoms with Gasteiger partial charge in [-0.15, -0.1) is 0 Å². The van der Waals surface area contributed by atoms with E-state index in [0.717, 1.165) is 19.3 Å². The molecule has 4 unspecified atom stereocenters. The lowest BCUT2D eigenvalue weighted by molar-refractivity contribution is 0.0801. The highest BCUT2D eigenvalue weighted by atomic mass is 16.3. The SMILES string of the molecule is OC1CCCC1CC1CCCC1O. The molecule has 0 spiro atoms. The predicted molar refractivity (Wildman–Crippen MR) is 51.3 cm³/mol. The van der Waals surface area contributed by atoms with Crippen LogP contribution in [0.1, 0.15) is 44.9 Å². The molecule has 0 aromatic carbocycles. The van der Waals surface area contributed by atoms with E-state index in [9.17, 15) is 10.2 Å². The average Bonchev–Trinajstić information content (AvgIpc) is 2.65. The molecular weight excluding hydrogens is 164 g/mol. The maximum absolute atomic E-state index is 9.65. The van der Waals surface area contributed by atoms with Crippen LogP contribution in [0.15, 0.2) is 0 Å². The molecule has 2 aliphatic rings. The van der Waals surface area contributed by atoms with Gasteiger partial charge in [-0.2, -0.15) is 0 Å². The van der Waals surface area contributed by atoms with E-state index in [1.54, 1.807) is 0 Å². The third kappa shape index (κ3) is 2.05. The summed E-state index contributed by atoms with van der Waals surface area (Å²) in [5, 5.41) is 19.3. The fourth-order valence-corrected chi connectivity index (χ4v) is 2.97. The summed E-state index contributed by atoms with van der Waals surface area (Å²) in [6.07, 6.45) is 7.56. The van der Waals surface area contributed by atoms with Gasteiger partial charge in [0, 0.05) is 0 Å². The second-order valence-electron chi connectivity index (χ2n) is 4.75. The lowest BCUT2D eigenvalue weighted by atomic mass is 9.90. The van der Waals surface area contributed by atoms with Crippen molar-refractivity contribution in [2.45, 2.75) is 57.2 Å². The normalized spacial score (nSPS) is 45.7. The van der Waals surface area contributed by atoms with Gasteiger partial charge in [-0.1, -0.05) is 12.8 Å². The van der Waals surface area contributed by atoms with E-state index in [-0.39, 0.29) is 12.2 Å². The highest BCUT2D eigenvalue weighted by Crippen LogP contribution is 2.37. The molecule has 0 aromatic heterocycles. The van der Waals surface area contributed by atoms with Crippen molar-refractivity contribution in [1.29, 1.82) is 0 Å². The lowest BCUT2D eigenvalue weighted by Gasteiger charge is -2.21. The van der Waals surface area contributed by atoms with Crippen molar-refractivity contribution >= 4 is 0 Å². The Bertz CT molecular complexity index is 151. The molecule has 0 heterocycles. The zero-order valence-electron chi connectivity index (χ0n) is 8.15. The minimum Gasteiger partial charge on any atom is -0.393 e. The summed E-state index contributed by atoms with van der Waals surface area (Å²) in [7, 11) is 0. The van der Waals surface area contributed by atoms with Crippen LogP contribution in [0.4, 0.5) is 0 Å². The highest BCUT2D eigenvalue weighted by Gasteiger charge is 2.32. The Hall–Kier alpha value is -0.0800. The van der Waals surface area contributed by atoms with Gasteiger partial charge in [0.05, 0.1) is 12.2 Å². The Balaban J connectivity index is 1.82. The summed E-state index contributed by atoms with van der Waals surface area (Å²) in [4.78, 5) is 0. The van der Waals surface area contributed by atoms with Crippen molar-refractivity contribution in [1.82, 2.24) is 0 Å². The molecule has 2 saturated carbocycles. The molecule has 0 radical (unpaired) electrons. The molecule has 0 aromatic rings. The first-order valence-electron chi connectivity index (χ1n) is 5.63. The summed E-state index contributed by atoms with van der Waals surface area (Å²) in [6.45, 7) is 0. The molecule has 0 amide bonds. The number of hydrogen-bond acceptors (Lipinski definition) is 2. The molecule has 76 valence electrons. The fourth-order valence-electron chi connectivity index (χ4n) is 2.97. The van der Waals surface area contributed by atoms with Crippen LogP contribution in [-0.2, 0) is 0 Å². The molecule has 0 aliphatic heterocycles. The van der Waals surface area contributed by atoms with Crippen LogP contribution >= 0.6 is 0 Å². The summed E-state index contributed by atoms with van der Waals surface area (Å²) in [5.41, 5.74) is 0. The standard InChI is InChI=1S/C11H20O2/c12-10-5-1-3-8(10)7-9-4-2-6-11(9)13/h8-13H,1-7H2. The lowest BCUT2D eigenvalue weighted by Crippen LogP contribution is -2.21. The second kappa shape index (κ2) is 3.97. The van der Waals surface area contributed by atoms with Gasteiger partial charge in [-0.3, -0.25) is 0 Å². The maximum Gasteiger partial charge on any atom is 0.0568 e. The molecule has 2 heteroatoms. The van der Waals surface area contributed by atoms with E-state index >= 15 is 0 Å². The quantitative estimate of drug-likeness (QED) is 0.685. The monoisotopic (exact) mass is 184 g/mol. The van der Waals surface area contributed by atoms with E-state index in [4.69, 9.17) is 0 Å². The van der Waals surface area contributed by atoms with Crippen LogP contribution in [0.2, 0.25) is 0 Å². The Kier molecular flexibility index (Phi) is 2.89. The van der Waals surface area contributed by atoms with Gasteiger partial charge in [-0.25, -0.2) is 0 Å². The van der Waals surface area contributed by atoms with Crippen LogP contribution < -0.4 is 0 Å². The molecule has 0 saturated heterocycles. The zero-order chi connectivity index (χ0) is 9.26. The Morgan fingerprint density at radius 1 is 0.769 bits per heavy atom. The third-order valence-electron chi connectivity index (χ3n) is 3.84. The Labute approximate surface area is 80.0 Å². The van der Waals surface area contributed by atoms with Gasteiger partial charge >= 0.3 is 0 Å². The Morgan fingerprint density at radius 2 is 1.23 bits per heavy atom. The van der Waals surface area contributed by atoms with Gasteiger partial charge in [0.1, 0.15) is 0 Å². The van der Waals surface area contributed by atoms with Gasteiger partial charge in [0.2, 0.25) is 0 Å². The first kappa shape index (κ1) is 9.47. The number of hydrogen-bond donors (Lipinski definition) is 2. The smallest absolute Gasteiger partial charge is 0.0568 e. The van der Waals surface area contributed by atoms with Crippen molar-refractivity contribution in [2.75, 3.05) is 0 Å². The number of aliphatic hydroxyl groups is 2. The predicted octanol–water partition coefficient (Wildman–Crippen LogP) is 1.70. The summed E-state index contributed by atoms with van der Waals surface area (Å²) < 4.78 is 0. The highest BCUT2D eigenvalue weighted by molar-refractivity contribution is 4.84. The van der Waals surface area contributed by atoms with E-state index in [1.165, 1.54) is 25.7 Å². The van der Waals surface area contributed by atoms with Crippen LogP contribution in [-0.4, -0.2) is 22.4 Å². The largest absolute Gasteiger partial charge is 0.393 e. The second-order valence-corrected chi connectivity index (χ2v) is 4.75. The van der Waals surface area contributed by atoms with Gasteiger partial charge in [0.25, 0.3) is 0 Å². The minimum absolute atomic E-state index is 0.0761. The van der Waals surface area contributed by atoms with Crippen LogP contribution in [0.5, 0.6) is 0 Å². The van der Waals surface area contributed by atoms with Crippen molar-refractivity contribution < 1.29 is 10.2 Å². The molecule has 2 rings (SSSR count). The van der Waals surface area contributed by atoms with Crippen molar-refractivity contribution in [3.05, 3.63) is 0 Å². The molecule has 2 fully saturated rings. The number of aliphatic hydroxyl groups excluding tert-OH is 2. The van der Waals surface area contributed by atoms with E-state index in [2.05, 4.69) is 0 Å². The van der Waals surface area contributed by atoms with Crippen LogP contribution in [0, 0.1) is 11.8 Å². The topological polar surface area (TPSA) is 40.5 Å². The van der Waals surface area contributed by atoms with Crippen molar-refractivity contribution in [2.24, 2.45) is 11.8 Å². The molecule has 0 bridgehead atoms. The summed E-state index contributed by atoms with van der Waals surface area (Å²) in [5.74, 6) is 0.968. The van der Waals surface area contributed by atoms with E-state index < -0.39 is 0 Å². The number of rotatable bonds is 2. The summed E-state index contributed by atoms with van der Waals surface area (Å²) >= 11 is 0. The summed E-state index contributed by atoms with van der Waals surface area (Å²) in [6, 6.07) is 0. The molecule has 2 N–H and O–H groups in total. The molecule has 4 atom stereocenters. The first-order chi connectivity index (χ1) is 6.27. The molecule has 13 heavy (non-hydrogen) atoms. The first-order valence-corrected chi connectivity index (χ1v) is 5.63. The van der Waals surface area contributed by atoms with E-state index in [1.807, 2.05) is 0 Å². The van der Waals surface area contributed by atoms with Gasteiger partial charge in [0.15, 0.2) is 0 Å². The van der Waals surface area contributed by atoms with Crippen LogP contribution in [0.25, 0.3) is 0 Å².